The Kier molecular flexibility index (Phi) is 4.86. The van der Waals surface area contributed by atoms with Gasteiger partial charge in [0.25, 0.3) is 5.56 Å². The second kappa shape index (κ2) is 7.51. The molecule has 0 saturated heterocycles. The van der Waals surface area contributed by atoms with Gasteiger partial charge in [-0.3, -0.25) is 18.5 Å². The van der Waals surface area contributed by atoms with Gasteiger partial charge in [0.1, 0.15) is 5.82 Å². The van der Waals surface area contributed by atoms with Crippen molar-refractivity contribution in [1.29, 1.82) is 0 Å². The Morgan fingerprint density at radius 1 is 0.967 bits per heavy atom. The lowest BCUT2D eigenvalue weighted by Gasteiger charge is -2.12. The second-order valence-corrected chi connectivity index (χ2v) is 6.70. The number of fused-ring (bicyclic) bond motifs is 1. The highest BCUT2D eigenvalue weighted by molar-refractivity contribution is 5.72. The molecule has 0 radical (unpaired) electrons. The molecule has 0 fully saturated rings. The molecule has 0 saturated carbocycles. The summed E-state index contributed by atoms with van der Waals surface area (Å²) in [6, 6.07) is 13.2. The van der Waals surface area contributed by atoms with Crippen molar-refractivity contribution in [1.82, 2.24) is 18.7 Å². The fraction of sp³-hybridized carbons (Fsp3) is 0.190. The number of imidazole rings is 1. The van der Waals surface area contributed by atoms with Crippen molar-refractivity contribution < 1.29 is 13.9 Å². The van der Waals surface area contributed by atoms with Crippen LogP contribution in [-0.4, -0.2) is 25.8 Å². The first-order valence-corrected chi connectivity index (χ1v) is 9.13. The Morgan fingerprint density at radius 3 is 2.33 bits per heavy atom. The summed E-state index contributed by atoms with van der Waals surface area (Å²) in [6.07, 6.45) is 0. The Balaban J connectivity index is 1.98. The summed E-state index contributed by atoms with van der Waals surface area (Å²) < 4.78 is 29.3. The molecule has 4 rings (SSSR count). The molecule has 30 heavy (non-hydrogen) atoms. The molecule has 0 aliphatic heterocycles. The first kappa shape index (κ1) is 19.4. The average Bonchev–Trinajstić information content (AvgIpc) is 3.10. The molecule has 0 aliphatic rings. The zero-order valence-electron chi connectivity index (χ0n) is 16.6. The Labute approximate surface area is 170 Å². The number of nitrogens with zero attached hydrogens (tertiary/aromatic N) is 4. The van der Waals surface area contributed by atoms with Crippen LogP contribution in [-0.2, 0) is 20.6 Å². The molecule has 2 aromatic carbocycles. The molecule has 2 aromatic heterocycles. The third kappa shape index (κ3) is 3.14. The summed E-state index contributed by atoms with van der Waals surface area (Å²) >= 11 is 0. The third-order valence-corrected chi connectivity index (χ3v) is 4.87. The molecule has 0 unspecified atom stereocenters. The van der Waals surface area contributed by atoms with Crippen molar-refractivity contribution in [3.8, 4) is 17.5 Å². The van der Waals surface area contributed by atoms with Crippen LogP contribution in [0.25, 0.3) is 11.2 Å². The number of halogens is 1. The molecular formula is C21H19FN4O4. The number of methoxy groups -OCH3 is 1. The highest BCUT2D eigenvalue weighted by Crippen LogP contribution is 2.32. The van der Waals surface area contributed by atoms with Gasteiger partial charge in [-0.15, -0.1) is 0 Å². The van der Waals surface area contributed by atoms with Crippen molar-refractivity contribution in [2.45, 2.75) is 6.54 Å². The molecule has 8 nitrogen and oxygen atoms in total. The van der Waals surface area contributed by atoms with Gasteiger partial charge in [-0.25, -0.2) is 9.18 Å². The SMILES string of the molecule is COc1ccccc1Oc1nc2c(c(=O)n(C)c(=O)n2C)n1Cc1ccccc1F. The number of rotatable bonds is 5. The minimum atomic E-state index is -0.549. The van der Waals surface area contributed by atoms with Gasteiger partial charge in [-0.2, -0.15) is 4.98 Å². The molecular weight excluding hydrogens is 391 g/mol. The van der Waals surface area contributed by atoms with E-state index in [1.165, 1.54) is 36.4 Å². The van der Waals surface area contributed by atoms with Crippen LogP contribution in [0, 0.1) is 5.82 Å². The predicted molar refractivity (Wildman–Crippen MR) is 109 cm³/mol. The van der Waals surface area contributed by atoms with Gasteiger partial charge in [-0.05, 0) is 18.2 Å². The lowest BCUT2D eigenvalue weighted by Crippen LogP contribution is -2.37. The van der Waals surface area contributed by atoms with Crippen molar-refractivity contribution in [3.05, 3.63) is 80.7 Å². The maximum atomic E-state index is 14.3. The number of ether oxygens (including phenoxy) is 2. The molecule has 2 heterocycles. The molecule has 9 heteroatoms. The smallest absolute Gasteiger partial charge is 0.332 e. The highest BCUT2D eigenvalue weighted by Gasteiger charge is 2.22. The van der Waals surface area contributed by atoms with Crippen LogP contribution in [0.4, 0.5) is 4.39 Å². The monoisotopic (exact) mass is 410 g/mol. The minimum Gasteiger partial charge on any atom is -0.493 e. The molecule has 4 aromatic rings. The van der Waals surface area contributed by atoms with Gasteiger partial charge in [0.2, 0.25) is 0 Å². The van der Waals surface area contributed by atoms with E-state index < -0.39 is 17.1 Å². The van der Waals surface area contributed by atoms with Crippen LogP contribution in [0.15, 0.2) is 58.1 Å². The Bertz CT molecular complexity index is 1370. The van der Waals surface area contributed by atoms with Gasteiger partial charge >= 0.3 is 11.7 Å². The van der Waals surface area contributed by atoms with Crippen LogP contribution in [0.5, 0.6) is 17.5 Å². The third-order valence-electron chi connectivity index (χ3n) is 4.87. The fourth-order valence-corrected chi connectivity index (χ4v) is 3.25. The van der Waals surface area contributed by atoms with E-state index in [1.54, 1.807) is 42.5 Å². The minimum absolute atomic E-state index is 0.0128. The van der Waals surface area contributed by atoms with E-state index in [1.807, 2.05) is 0 Å². The first-order valence-electron chi connectivity index (χ1n) is 9.13. The fourth-order valence-electron chi connectivity index (χ4n) is 3.25. The maximum absolute atomic E-state index is 14.3. The molecule has 154 valence electrons. The number of hydrogen-bond acceptors (Lipinski definition) is 5. The van der Waals surface area contributed by atoms with E-state index in [0.717, 1.165) is 4.57 Å². The molecule has 0 aliphatic carbocycles. The zero-order chi connectivity index (χ0) is 21.4. The highest BCUT2D eigenvalue weighted by atomic mass is 19.1. The molecule has 0 bridgehead atoms. The van der Waals surface area contributed by atoms with E-state index in [9.17, 15) is 14.0 Å². The lowest BCUT2D eigenvalue weighted by atomic mass is 10.2. The summed E-state index contributed by atoms with van der Waals surface area (Å²) in [5.41, 5.74) is -0.451. The molecule has 0 atom stereocenters. The zero-order valence-corrected chi connectivity index (χ0v) is 16.6. The number of para-hydroxylation sites is 2. The number of aromatic nitrogens is 4. The number of benzene rings is 2. The van der Waals surface area contributed by atoms with Gasteiger partial charge in [0.05, 0.1) is 13.7 Å². The Morgan fingerprint density at radius 2 is 1.63 bits per heavy atom. The summed E-state index contributed by atoms with van der Waals surface area (Å²) in [4.78, 5) is 29.6. The first-order chi connectivity index (χ1) is 14.4. The number of aryl methyl sites for hydroxylation is 1. The summed E-state index contributed by atoms with van der Waals surface area (Å²) in [5.74, 6) is 0.403. The van der Waals surface area contributed by atoms with Crippen molar-refractivity contribution in [3.63, 3.8) is 0 Å². The topological polar surface area (TPSA) is 80.3 Å². The summed E-state index contributed by atoms with van der Waals surface area (Å²) in [6.45, 7) is -0.0128. The van der Waals surface area contributed by atoms with Crippen LogP contribution in [0.2, 0.25) is 0 Å². The normalized spacial score (nSPS) is 11.1. The summed E-state index contributed by atoms with van der Waals surface area (Å²) in [5, 5.41) is 0. The van der Waals surface area contributed by atoms with Gasteiger partial charge in [0, 0.05) is 19.7 Å². The van der Waals surface area contributed by atoms with E-state index in [4.69, 9.17) is 9.47 Å². The van der Waals surface area contributed by atoms with Gasteiger partial charge in [-0.1, -0.05) is 30.3 Å². The Hall–Kier alpha value is -3.88. The molecule has 0 N–H and O–H groups in total. The van der Waals surface area contributed by atoms with Crippen LogP contribution < -0.4 is 20.7 Å². The summed E-state index contributed by atoms with van der Waals surface area (Å²) in [7, 11) is 4.40. The van der Waals surface area contributed by atoms with Crippen LogP contribution >= 0.6 is 0 Å². The average molecular weight is 410 g/mol. The molecule has 0 amide bonds. The quantitative estimate of drug-likeness (QED) is 0.505. The van der Waals surface area contributed by atoms with E-state index >= 15 is 0 Å². The second-order valence-electron chi connectivity index (χ2n) is 6.70. The van der Waals surface area contributed by atoms with Crippen molar-refractivity contribution >= 4 is 11.2 Å². The van der Waals surface area contributed by atoms with Crippen molar-refractivity contribution in [2.24, 2.45) is 14.1 Å². The number of hydrogen-bond donors (Lipinski definition) is 0. The van der Waals surface area contributed by atoms with E-state index in [-0.39, 0.29) is 23.7 Å². The maximum Gasteiger partial charge on any atom is 0.332 e. The standard InChI is InChI=1S/C21H19FN4O4/c1-24-18-17(19(27)25(2)21(24)28)26(12-13-8-4-5-9-14(13)22)20(23-18)30-16-11-7-6-10-15(16)29-3/h4-11H,12H2,1-3H3. The molecule has 0 spiro atoms. The van der Waals surface area contributed by atoms with Crippen LogP contribution in [0.3, 0.4) is 0 Å². The lowest BCUT2D eigenvalue weighted by molar-refractivity contribution is 0.361. The van der Waals surface area contributed by atoms with Gasteiger partial charge in [0.15, 0.2) is 22.7 Å². The van der Waals surface area contributed by atoms with Crippen molar-refractivity contribution in [2.75, 3.05) is 7.11 Å². The van der Waals surface area contributed by atoms with E-state index in [0.29, 0.717) is 17.1 Å². The van der Waals surface area contributed by atoms with Crippen LogP contribution in [0.1, 0.15) is 5.56 Å². The largest absolute Gasteiger partial charge is 0.493 e. The van der Waals surface area contributed by atoms with Gasteiger partial charge < -0.3 is 9.47 Å². The van der Waals surface area contributed by atoms with E-state index in [2.05, 4.69) is 4.98 Å². The predicted octanol–water partition coefficient (Wildman–Crippen LogP) is 2.42.